The van der Waals surface area contributed by atoms with E-state index in [0.29, 0.717) is 13.1 Å². The van der Waals surface area contributed by atoms with E-state index < -0.39 is 26.6 Å². The molecule has 0 bridgehead atoms. The van der Waals surface area contributed by atoms with Crippen LogP contribution in [-0.2, 0) is 16.6 Å². The van der Waals surface area contributed by atoms with Gasteiger partial charge in [-0.05, 0) is 42.3 Å². The Hall–Kier alpha value is -3.11. The fraction of sp³-hybridized carbons (Fsp3) is 0.211. The highest BCUT2D eigenvalue weighted by atomic mass is 32.2. The number of halogens is 1. The van der Waals surface area contributed by atoms with Gasteiger partial charge in [0.25, 0.3) is 5.91 Å². The molecule has 3 aromatic rings. The number of sulfonamides is 1. The van der Waals surface area contributed by atoms with Gasteiger partial charge in [0.15, 0.2) is 0 Å². The number of benzene rings is 2. The van der Waals surface area contributed by atoms with Crippen LogP contribution >= 0.6 is 0 Å². The fourth-order valence-corrected chi connectivity index (χ4v) is 4.51. The van der Waals surface area contributed by atoms with Crippen LogP contribution in [0.4, 0.5) is 4.39 Å². The smallest absolute Gasteiger partial charge is 0.251 e. The van der Waals surface area contributed by atoms with Gasteiger partial charge in [-0.2, -0.15) is 9.40 Å². The highest BCUT2D eigenvalue weighted by Gasteiger charge is 2.32. The number of hydrogen-bond donors (Lipinski definition) is 1. The summed E-state index contributed by atoms with van der Waals surface area (Å²) in [6, 6.07) is 10.7. The number of carbonyl (C=O) groups excluding carboxylic acids is 1. The van der Waals surface area contributed by atoms with E-state index in [1.54, 1.807) is 11.0 Å². The molecule has 150 valence electrons. The van der Waals surface area contributed by atoms with Crippen molar-refractivity contribution in [2.24, 2.45) is 0 Å². The largest absolute Gasteiger partial charge is 0.348 e. The maximum absolute atomic E-state index is 14.1. The van der Waals surface area contributed by atoms with E-state index in [1.807, 2.05) is 24.3 Å². The Balaban J connectivity index is 1.45. The lowest BCUT2D eigenvalue weighted by molar-refractivity contribution is 0.0950. The van der Waals surface area contributed by atoms with Crippen molar-refractivity contribution in [2.45, 2.75) is 17.9 Å². The second kappa shape index (κ2) is 7.72. The predicted octanol–water partition coefficient (Wildman–Crippen LogP) is 1.73. The van der Waals surface area contributed by atoms with Crippen molar-refractivity contribution >= 4 is 15.9 Å². The lowest BCUT2D eigenvalue weighted by atomic mass is 10.2. The molecule has 4 rings (SSSR count). The van der Waals surface area contributed by atoms with Crippen LogP contribution in [0.5, 0.6) is 0 Å². The van der Waals surface area contributed by atoms with Gasteiger partial charge in [0, 0.05) is 25.2 Å². The molecule has 1 aromatic heterocycles. The first kappa shape index (κ1) is 19.2. The zero-order valence-electron chi connectivity index (χ0n) is 15.3. The summed E-state index contributed by atoms with van der Waals surface area (Å²) in [5.41, 5.74) is 1.76. The van der Waals surface area contributed by atoms with Crippen molar-refractivity contribution in [2.75, 3.05) is 13.1 Å². The number of aromatic nitrogens is 3. The maximum Gasteiger partial charge on any atom is 0.251 e. The molecule has 29 heavy (non-hydrogen) atoms. The summed E-state index contributed by atoms with van der Waals surface area (Å²) in [5.74, 6) is -1.34. The van der Waals surface area contributed by atoms with Gasteiger partial charge in [0.05, 0.1) is 5.69 Å². The summed E-state index contributed by atoms with van der Waals surface area (Å²) < 4.78 is 41.8. The summed E-state index contributed by atoms with van der Waals surface area (Å²) in [7, 11) is -3.92. The molecule has 1 amide bonds. The summed E-state index contributed by atoms with van der Waals surface area (Å²) >= 11 is 0. The SMILES string of the molecule is O=C(NCc1ccc(-n2cncn2)cc1)c1ccc(F)c(S(=O)(=O)N2CCC2)c1. The molecule has 0 aliphatic carbocycles. The van der Waals surface area contributed by atoms with Crippen molar-refractivity contribution in [3.05, 3.63) is 72.1 Å². The number of carbonyl (C=O) groups is 1. The Morgan fingerprint density at radius 1 is 1.14 bits per heavy atom. The summed E-state index contributed by atoms with van der Waals surface area (Å²) in [6.45, 7) is 0.966. The Labute approximate surface area is 167 Å². The number of rotatable bonds is 6. The molecule has 0 unspecified atom stereocenters. The first-order valence-corrected chi connectivity index (χ1v) is 10.4. The van der Waals surface area contributed by atoms with Crippen LogP contribution in [0, 0.1) is 5.82 Å². The normalized spacial score (nSPS) is 14.4. The molecule has 8 nitrogen and oxygen atoms in total. The molecule has 2 aromatic carbocycles. The second-order valence-corrected chi connectivity index (χ2v) is 8.50. The van der Waals surface area contributed by atoms with Gasteiger partial charge in [0.1, 0.15) is 23.4 Å². The monoisotopic (exact) mass is 415 g/mol. The lowest BCUT2D eigenvalue weighted by Gasteiger charge is -2.29. The van der Waals surface area contributed by atoms with Gasteiger partial charge in [-0.15, -0.1) is 0 Å². The zero-order chi connectivity index (χ0) is 20.4. The highest BCUT2D eigenvalue weighted by Crippen LogP contribution is 2.24. The lowest BCUT2D eigenvalue weighted by Crippen LogP contribution is -2.42. The molecule has 1 aliphatic heterocycles. The first-order valence-electron chi connectivity index (χ1n) is 8.97. The summed E-state index contributed by atoms with van der Waals surface area (Å²) in [5, 5.41) is 6.76. The van der Waals surface area contributed by atoms with Crippen molar-refractivity contribution in [1.82, 2.24) is 24.4 Å². The van der Waals surface area contributed by atoms with Gasteiger partial charge in [-0.1, -0.05) is 12.1 Å². The van der Waals surface area contributed by atoms with Gasteiger partial charge in [0.2, 0.25) is 10.0 Å². The Morgan fingerprint density at radius 3 is 2.52 bits per heavy atom. The maximum atomic E-state index is 14.1. The van der Waals surface area contributed by atoms with Crippen LogP contribution < -0.4 is 5.32 Å². The molecule has 1 N–H and O–H groups in total. The average molecular weight is 415 g/mol. The number of amides is 1. The molecule has 0 spiro atoms. The highest BCUT2D eigenvalue weighted by molar-refractivity contribution is 7.89. The average Bonchev–Trinajstić information content (AvgIpc) is 3.19. The van der Waals surface area contributed by atoms with Crippen LogP contribution in [-0.4, -0.2) is 46.5 Å². The second-order valence-electron chi connectivity index (χ2n) is 6.59. The van der Waals surface area contributed by atoms with Crippen LogP contribution in [0.1, 0.15) is 22.3 Å². The molecule has 1 aliphatic rings. The summed E-state index contributed by atoms with van der Waals surface area (Å²) in [4.78, 5) is 15.9. The molecular weight excluding hydrogens is 397 g/mol. The van der Waals surface area contributed by atoms with Crippen molar-refractivity contribution in [3.8, 4) is 5.69 Å². The van der Waals surface area contributed by atoms with Crippen LogP contribution in [0.3, 0.4) is 0 Å². The number of hydrogen-bond acceptors (Lipinski definition) is 5. The van der Waals surface area contributed by atoms with Crippen LogP contribution in [0.2, 0.25) is 0 Å². The molecule has 0 radical (unpaired) electrons. The minimum absolute atomic E-state index is 0.0877. The standard InChI is InChI=1S/C19H18FN5O3S/c20-17-7-4-15(10-18(17)29(27,28)24-8-1-9-24)19(26)22-11-14-2-5-16(6-3-14)25-13-21-12-23-25/h2-7,10,12-13H,1,8-9,11H2,(H,22,26). The van der Waals surface area contributed by atoms with E-state index in [-0.39, 0.29) is 12.1 Å². The van der Waals surface area contributed by atoms with Crippen LogP contribution in [0.15, 0.2) is 60.0 Å². The molecule has 0 atom stereocenters. The van der Waals surface area contributed by atoms with E-state index in [4.69, 9.17) is 0 Å². The van der Waals surface area contributed by atoms with Crippen molar-refractivity contribution in [1.29, 1.82) is 0 Å². The van der Waals surface area contributed by atoms with Crippen molar-refractivity contribution < 1.29 is 17.6 Å². The third-order valence-corrected chi connectivity index (χ3v) is 6.61. The van der Waals surface area contributed by atoms with Crippen LogP contribution in [0.25, 0.3) is 5.69 Å². The third kappa shape index (κ3) is 3.89. The summed E-state index contributed by atoms with van der Waals surface area (Å²) in [6.07, 6.45) is 3.77. The Morgan fingerprint density at radius 2 is 1.90 bits per heavy atom. The fourth-order valence-electron chi connectivity index (χ4n) is 2.90. The molecule has 1 saturated heterocycles. The molecule has 10 heteroatoms. The molecule has 1 fully saturated rings. The minimum Gasteiger partial charge on any atom is -0.348 e. The Kier molecular flexibility index (Phi) is 5.12. The van der Waals surface area contributed by atoms with Gasteiger partial charge < -0.3 is 5.32 Å². The van der Waals surface area contributed by atoms with Crippen molar-refractivity contribution in [3.63, 3.8) is 0 Å². The van der Waals surface area contributed by atoms with E-state index in [2.05, 4.69) is 15.4 Å². The molecular formula is C19H18FN5O3S. The van der Waals surface area contributed by atoms with E-state index in [9.17, 15) is 17.6 Å². The number of nitrogens with one attached hydrogen (secondary N) is 1. The predicted molar refractivity (Wildman–Crippen MR) is 102 cm³/mol. The molecule has 2 heterocycles. The topological polar surface area (TPSA) is 97.2 Å². The zero-order valence-corrected chi connectivity index (χ0v) is 16.1. The Bertz CT molecular complexity index is 1130. The van der Waals surface area contributed by atoms with Gasteiger partial charge >= 0.3 is 0 Å². The van der Waals surface area contributed by atoms with Gasteiger partial charge in [-0.25, -0.2) is 22.5 Å². The van der Waals surface area contributed by atoms with E-state index in [1.165, 1.54) is 16.7 Å². The molecule has 0 saturated carbocycles. The first-order chi connectivity index (χ1) is 13.9. The minimum atomic E-state index is -3.92. The van der Waals surface area contributed by atoms with Gasteiger partial charge in [-0.3, -0.25) is 4.79 Å². The quantitative estimate of drug-likeness (QED) is 0.661. The van der Waals surface area contributed by atoms with E-state index >= 15 is 0 Å². The third-order valence-electron chi connectivity index (χ3n) is 4.70. The number of nitrogens with zero attached hydrogens (tertiary/aromatic N) is 4. The van der Waals surface area contributed by atoms with E-state index in [0.717, 1.165) is 29.8 Å².